The van der Waals surface area contributed by atoms with Crippen LogP contribution in [0, 0.1) is 5.92 Å². The molecule has 5 rings (SSSR count). The third kappa shape index (κ3) is 2.75. The zero-order valence-corrected chi connectivity index (χ0v) is 15.9. The predicted octanol–water partition coefficient (Wildman–Crippen LogP) is 2.46. The van der Waals surface area contributed by atoms with Gasteiger partial charge in [0.1, 0.15) is 25.9 Å². The molecule has 0 radical (unpaired) electrons. The lowest BCUT2D eigenvalue weighted by atomic mass is 9.81. The Kier molecular flexibility index (Phi) is 4.08. The number of nitrogens with one attached hydrogen (secondary N) is 1. The van der Waals surface area contributed by atoms with Gasteiger partial charge < -0.3 is 19.5 Å². The summed E-state index contributed by atoms with van der Waals surface area (Å²) >= 11 is 0. The van der Waals surface area contributed by atoms with Gasteiger partial charge >= 0.3 is 0 Å². The van der Waals surface area contributed by atoms with Gasteiger partial charge in [0.2, 0.25) is 5.95 Å². The molecule has 0 amide bonds. The van der Waals surface area contributed by atoms with Crippen LogP contribution in [-0.2, 0) is 16.1 Å². The number of nitrogens with zero attached hydrogens (tertiary/aromatic N) is 3. The maximum absolute atomic E-state index is 13.0. The molecule has 2 aliphatic heterocycles. The fourth-order valence-electron chi connectivity index (χ4n) is 4.18. The van der Waals surface area contributed by atoms with E-state index in [9.17, 15) is 4.79 Å². The molecule has 2 aromatic rings. The van der Waals surface area contributed by atoms with Crippen molar-refractivity contribution in [3.63, 3.8) is 0 Å². The average Bonchev–Trinajstić information content (AvgIpc) is 3.08. The lowest BCUT2D eigenvalue weighted by molar-refractivity contribution is -0.117. The number of carbonyl (C=O) groups excluding carboxylic acids is 1. The lowest BCUT2D eigenvalue weighted by Gasteiger charge is -2.34. The first-order chi connectivity index (χ1) is 13.6. The number of rotatable bonds is 3. The second kappa shape index (κ2) is 6.63. The molecule has 3 aliphatic rings. The average molecular weight is 382 g/mol. The summed E-state index contributed by atoms with van der Waals surface area (Å²) in [6.45, 7) is 3.46. The summed E-state index contributed by atoms with van der Waals surface area (Å²) in [4.78, 5) is 17.6. The van der Waals surface area contributed by atoms with E-state index >= 15 is 0 Å². The number of carbonyl (C=O) groups is 1. The Bertz CT molecular complexity index is 981. The predicted molar refractivity (Wildman–Crippen MR) is 100 cm³/mol. The number of methoxy groups -OCH3 is 1. The highest BCUT2D eigenvalue weighted by atomic mass is 16.6. The Labute approximate surface area is 162 Å². The van der Waals surface area contributed by atoms with Crippen LogP contribution in [0.1, 0.15) is 37.2 Å². The zero-order valence-electron chi connectivity index (χ0n) is 15.9. The monoisotopic (exact) mass is 382 g/mol. The van der Waals surface area contributed by atoms with Gasteiger partial charge in [-0.05, 0) is 30.0 Å². The van der Waals surface area contributed by atoms with Crippen LogP contribution < -0.4 is 14.8 Å². The van der Waals surface area contributed by atoms with Gasteiger partial charge in [0, 0.05) is 24.8 Å². The summed E-state index contributed by atoms with van der Waals surface area (Å²) in [7, 11) is 1.61. The molecule has 3 heterocycles. The standard InChI is InChI=1S/C20H22N4O4/c1-11-7-13-18(14(25)8-11)19(24-20(21-13)22-17(23-24)10-26-2)12-3-4-15-16(9-12)28-6-5-27-15/h3-4,9,11,19H,5-8,10H2,1-2H3,(H,21,22,23). The molecule has 28 heavy (non-hydrogen) atoms. The molecular weight excluding hydrogens is 360 g/mol. The first-order valence-electron chi connectivity index (χ1n) is 9.51. The molecule has 146 valence electrons. The number of anilines is 1. The Morgan fingerprint density at radius 2 is 2.07 bits per heavy atom. The molecule has 8 nitrogen and oxygen atoms in total. The van der Waals surface area contributed by atoms with Crippen molar-refractivity contribution in [2.45, 2.75) is 32.4 Å². The number of aromatic nitrogens is 3. The highest BCUT2D eigenvalue weighted by Gasteiger charge is 2.38. The van der Waals surface area contributed by atoms with Gasteiger partial charge in [-0.15, -0.1) is 0 Å². The minimum atomic E-state index is -0.347. The smallest absolute Gasteiger partial charge is 0.226 e. The van der Waals surface area contributed by atoms with E-state index in [1.807, 2.05) is 18.2 Å². The molecule has 1 aromatic heterocycles. The fraction of sp³-hybridized carbons (Fsp3) is 0.450. The van der Waals surface area contributed by atoms with E-state index in [4.69, 9.17) is 14.2 Å². The van der Waals surface area contributed by atoms with Gasteiger partial charge in [-0.2, -0.15) is 10.1 Å². The Morgan fingerprint density at radius 3 is 2.89 bits per heavy atom. The Morgan fingerprint density at radius 1 is 1.25 bits per heavy atom. The van der Waals surface area contributed by atoms with E-state index < -0.39 is 0 Å². The summed E-state index contributed by atoms with van der Waals surface area (Å²) < 4.78 is 18.4. The van der Waals surface area contributed by atoms with Crippen molar-refractivity contribution in [1.29, 1.82) is 0 Å². The van der Waals surface area contributed by atoms with E-state index in [1.165, 1.54) is 0 Å². The van der Waals surface area contributed by atoms with E-state index in [2.05, 4.69) is 22.3 Å². The van der Waals surface area contributed by atoms with Crippen LogP contribution in [-0.4, -0.2) is 40.9 Å². The molecule has 1 aliphatic carbocycles. The van der Waals surface area contributed by atoms with Crippen molar-refractivity contribution in [3.8, 4) is 11.5 Å². The number of Topliss-reactive ketones (excluding diaryl/α,β-unsaturated/α-hetero) is 1. The van der Waals surface area contributed by atoms with Crippen LogP contribution in [0.5, 0.6) is 11.5 Å². The van der Waals surface area contributed by atoms with Crippen LogP contribution in [0.15, 0.2) is 29.5 Å². The maximum atomic E-state index is 13.0. The largest absolute Gasteiger partial charge is 0.486 e. The van der Waals surface area contributed by atoms with Crippen molar-refractivity contribution in [1.82, 2.24) is 14.8 Å². The molecule has 0 spiro atoms. The van der Waals surface area contributed by atoms with E-state index in [-0.39, 0.29) is 11.8 Å². The number of ketones is 1. The van der Waals surface area contributed by atoms with E-state index in [0.29, 0.717) is 49.7 Å². The molecular formula is C20H22N4O4. The number of fused-ring (bicyclic) bond motifs is 2. The van der Waals surface area contributed by atoms with Gasteiger partial charge in [0.25, 0.3) is 0 Å². The highest BCUT2D eigenvalue weighted by Crippen LogP contribution is 2.43. The summed E-state index contributed by atoms with van der Waals surface area (Å²) in [5.41, 5.74) is 2.62. The van der Waals surface area contributed by atoms with Gasteiger partial charge in [-0.25, -0.2) is 4.68 Å². The SMILES string of the molecule is COCc1nc2n(n1)C(c1ccc3c(c1)OCCO3)C1=C(CC(C)CC1=O)N2. The number of benzene rings is 1. The minimum Gasteiger partial charge on any atom is -0.486 e. The topological polar surface area (TPSA) is 87.5 Å². The molecule has 2 unspecified atom stereocenters. The number of allylic oxidation sites excluding steroid dienone is 2. The molecule has 0 saturated heterocycles. The molecule has 1 aromatic carbocycles. The summed E-state index contributed by atoms with van der Waals surface area (Å²) in [6.07, 6.45) is 1.35. The molecule has 8 heteroatoms. The molecule has 0 fully saturated rings. The lowest BCUT2D eigenvalue weighted by Crippen LogP contribution is -2.33. The number of ether oxygens (including phenoxy) is 3. The maximum Gasteiger partial charge on any atom is 0.226 e. The fourth-order valence-corrected chi connectivity index (χ4v) is 4.18. The first kappa shape index (κ1) is 17.2. The van der Waals surface area contributed by atoms with Gasteiger partial charge in [0.15, 0.2) is 23.1 Å². The molecule has 0 saturated carbocycles. The number of hydrogen-bond donors (Lipinski definition) is 1. The normalized spacial score (nSPS) is 23.1. The summed E-state index contributed by atoms with van der Waals surface area (Å²) in [5.74, 6) is 3.07. The third-order valence-electron chi connectivity index (χ3n) is 5.32. The van der Waals surface area contributed by atoms with Crippen LogP contribution in [0.3, 0.4) is 0 Å². The van der Waals surface area contributed by atoms with Crippen LogP contribution >= 0.6 is 0 Å². The Hall–Kier alpha value is -2.87. The summed E-state index contributed by atoms with van der Waals surface area (Å²) in [6, 6.07) is 5.47. The highest BCUT2D eigenvalue weighted by molar-refractivity contribution is 5.99. The van der Waals surface area contributed by atoms with Gasteiger partial charge in [0.05, 0.1) is 0 Å². The van der Waals surface area contributed by atoms with Gasteiger partial charge in [-0.1, -0.05) is 13.0 Å². The second-order valence-electron chi connectivity index (χ2n) is 7.49. The Balaban J connectivity index is 1.65. The van der Waals surface area contributed by atoms with Gasteiger partial charge in [-0.3, -0.25) is 4.79 Å². The van der Waals surface area contributed by atoms with Crippen LogP contribution in [0.25, 0.3) is 0 Å². The van der Waals surface area contributed by atoms with Crippen molar-refractivity contribution >= 4 is 11.7 Å². The van der Waals surface area contributed by atoms with Crippen molar-refractivity contribution < 1.29 is 19.0 Å². The van der Waals surface area contributed by atoms with E-state index in [1.54, 1.807) is 11.8 Å². The molecule has 2 atom stereocenters. The molecule has 1 N–H and O–H groups in total. The summed E-state index contributed by atoms with van der Waals surface area (Å²) in [5, 5.41) is 7.95. The van der Waals surface area contributed by atoms with Crippen molar-refractivity contribution in [2.75, 3.05) is 25.6 Å². The third-order valence-corrected chi connectivity index (χ3v) is 5.32. The van der Waals surface area contributed by atoms with Crippen LogP contribution in [0.2, 0.25) is 0 Å². The van der Waals surface area contributed by atoms with Crippen molar-refractivity contribution in [2.24, 2.45) is 5.92 Å². The quantitative estimate of drug-likeness (QED) is 0.872. The zero-order chi connectivity index (χ0) is 19.3. The minimum absolute atomic E-state index is 0.149. The first-order valence-corrected chi connectivity index (χ1v) is 9.51. The number of hydrogen-bond acceptors (Lipinski definition) is 7. The van der Waals surface area contributed by atoms with Crippen LogP contribution in [0.4, 0.5) is 5.95 Å². The molecule has 0 bridgehead atoms. The second-order valence-corrected chi connectivity index (χ2v) is 7.49. The van der Waals surface area contributed by atoms with Crippen molar-refractivity contribution in [3.05, 3.63) is 40.9 Å². The van der Waals surface area contributed by atoms with E-state index in [0.717, 1.165) is 29.0 Å².